The van der Waals surface area contributed by atoms with Gasteiger partial charge in [-0.15, -0.1) is 0 Å². The molecule has 1 saturated heterocycles. The van der Waals surface area contributed by atoms with E-state index in [1.165, 1.54) is 11.8 Å². The van der Waals surface area contributed by atoms with Crippen molar-refractivity contribution >= 4 is 23.5 Å². The Labute approximate surface area is 139 Å². The van der Waals surface area contributed by atoms with Gasteiger partial charge >= 0.3 is 5.97 Å². The number of rotatable bonds is 2. The van der Waals surface area contributed by atoms with E-state index in [0.717, 1.165) is 6.42 Å². The number of benzene rings is 1. The standard InChI is InChI=1S/C19H17NO4/c1-9(21)24-11-4-2-10(3-5-11)20-18(22)16-12-6-7-13(15-8-14(12)15)17(16)19(20)23/h2-7,12-17H,8H2,1H3/t12-,13-,14-,15+,16+,17+/m1/s1. The fraction of sp³-hybridized carbons (Fsp3) is 0.421. The molecule has 5 nitrogen and oxygen atoms in total. The van der Waals surface area contributed by atoms with E-state index in [1.54, 1.807) is 24.3 Å². The highest BCUT2D eigenvalue weighted by atomic mass is 16.5. The smallest absolute Gasteiger partial charge is 0.308 e. The number of anilines is 1. The van der Waals surface area contributed by atoms with Gasteiger partial charge in [-0.05, 0) is 54.4 Å². The second-order valence-electron chi connectivity index (χ2n) is 7.25. The summed E-state index contributed by atoms with van der Waals surface area (Å²) in [6.07, 6.45) is 5.49. The van der Waals surface area contributed by atoms with Crippen LogP contribution in [-0.4, -0.2) is 17.8 Å². The van der Waals surface area contributed by atoms with Crippen molar-refractivity contribution in [3.8, 4) is 5.75 Å². The van der Waals surface area contributed by atoms with Gasteiger partial charge in [0.2, 0.25) is 11.8 Å². The van der Waals surface area contributed by atoms with Gasteiger partial charge in [-0.3, -0.25) is 19.3 Å². The molecule has 1 heterocycles. The lowest BCUT2D eigenvalue weighted by atomic mass is 9.63. The average molecular weight is 323 g/mol. The second kappa shape index (κ2) is 4.56. The van der Waals surface area contributed by atoms with Crippen LogP contribution >= 0.6 is 0 Å². The Kier molecular flexibility index (Phi) is 2.65. The minimum absolute atomic E-state index is 0.0741. The van der Waals surface area contributed by atoms with Crippen LogP contribution in [0.3, 0.4) is 0 Å². The molecule has 0 spiro atoms. The number of amides is 2. The molecule has 5 aliphatic rings. The van der Waals surface area contributed by atoms with Crippen molar-refractivity contribution in [1.82, 2.24) is 0 Å². The molecule has 6 atom stereocenters. The van der Waals surface area contributed by atoms with Crippen molar-refractivity contribution in [2.75, 3.05) is 4.90 Å². The molecule has 3 fully saturated rings. The molecule has 2 bridgehead atoms. The number of imide groups is 1. The van der Waals surface area contributed by atoms with Crippen LogP contribution in [-0.2, 0) is 14.4 Å². The van der Waals surface area contributed by atoms with Crippen molar-refractivity contribution in [1.29, 1.82) is 0 Å². The summed E-state index contributed by atoms with van der Waals surface area (Å²) in [6, 6.07) is 6.57. The van der Waals surface area contributed by atoms with Crippen LogP contribution < -0.4 is 9.64 Å². The third-order valence-corrected chi connectivity index (χ3v) is 6.02. The zero-order chi connectivity index (χ0) is 16.6. The van der Waals surface area contributed by atoms with Gasteiger partial charge in [-0.2, -0.15) is 0 Å². The Morgan fingerprint density at radius 2 is 1.54 bits per heavy atom. The third kappa shape index (κ3) is 1.72. The first-order chi connectivity index (χ1) is 11.6. The lowest BCUT2D eigenvalue weighted by molar-refractivity contribution is -0.132. The number of hydrogen-bond donors (Lipinski definition) is 0. The summed E-state index contributed by atoms with van der Waals surface area (Å²) >= 11 is 0. The van der Waals surface area contributed by atoms with E-state index in [2.05, 4.69) is 12.2 Å². The highest BCUT2D eigenvalue weighted by Gasteiger charge is 2.67. The molecular formula is C19H17NO4. The summed E-state index contributed by atoms with van der Waals surface area (Å²) in [5.41, 5.74) is 0.559. The van der Waals surface area contributed by atoms with E-state index in [4.69, 9.17) is 4.74 Å². The lowest BCUT2D eigenvalue weighted by Gasteiger charge is -2.37. The Bertz CT molecular complexity index is 760. The molecule has 1 aliphatic heterocycles. The summed E-state index contributed by atoms with van der Waals surface area (Å²) in [4.78, 5) is 38.2. The van der Waals surface area contributed by atoms with Gasteiger partial charge in [0, 0.05) is 6.92 Å². The Morgan fingerprint density at radius 1 is 1.00 bits per heavy atom. The lowest BCUT2D eigenvalue weighted by Crippen LogP contribution is -2.40. The van der Waals surface area contributed by atoms with Gasteiger partial charge in [-0.25, -0.2) is 0 Å². The largest absolute Gasteiger partial charge is 0.427 e. The predicted octanol–water partition coefficient (Wildman–Crippen LogP) is 2.17. The Balaban J connectivity index is 1.47. The number of hydrogen-bond acceptors (Lipinski definition) is 4. The van der Waals surface area contributed by atoms with E-state index in [9.17, 15) is 14.4 Å². The van der Waals surface area contributed by atoms with Gasteiger partial charge in [-0.1, -0.05) is 12.2 Å². The van der Waals surface area contributed by atoms with E-state index in [-0.39, 0.29) is 35.5 Å². The molecule has 0 unspecified atom stereocenters. The maximum absolute atomic E-state index is 13.0. The average Bonchev–Trinajstić information content (AvgIpc) is 3.33. The summed E-state index contributed by atoms with van der Waals surface area (Å²) in [6.45, 7) is 1.33. The zero-order valence-electron chi connectivity index (χ0n) is 13.2. The summed E-state index contributed by atoms with van der Waals surface area (Å²) < 4.78 is 5.01. The minimum Gasteiger partial charge on any atom is -0.427 e. The highest BCUT2D eigenvalue weighted by Crippen LogP contribution is 2.65. The van der Waals surface area contributed by atoms with Crippen molar-refractivity contribution in [3.05, 3.63) is 36.4 Å². The molecule has 6 rings (SSSR count). The molecule has 122 valence electrons. The number of nitrogens with zero attached hydrogens (tertiary/aromatic N) is 1. The normalized spacial score (nSPS) is 38.1. The van der Waals surface area contributed by atoms with Crippen molar-refractivity contribution in [2.45, 2.75) is 13.3 Å². The number of carbonyl (C=O) groups is 3. The first-order valence-corrected chi connectivity index (χ1v) is 8.41. The Morgan fingerprint density at radius 3 is 2.04 bits per heavy atom. The van der Waals surface area contributed by atoms with Crippen LogP contribution in [0.5, 0.6) is 5.75 Å². The molecule has 4 aliphatic carbocycles. The van der Waals surface area contributed by atoms with E-state index in [1.807, 2.05) is 0 Å². The fourth-order valence-electron chi connectivity index (χ4n) is 5.04. The zero-order valence-corrected chi connectivity index (χ0v) is 13.2. The van der Waals surface area contributed by atoms with Gasteiger partial charge in [0.15, 0.2) is 0 Å². The summed E-state index contributed by atoms with van der Waals surface area (Å²) in [5.74, 6) is 1.14. The van der Waals surface area contributed by atoms with Gasteiger partial charge in [0.1, 0.15) is 5.75 Å². The minimum atomic E-state index is -0.399. The second-order valence-corrected chi connectivity index (χ2v) is 7.25. The molecule has 2 amide bonds. The van der Waals surface area contributed by atoms with Crippen molar-refractivity contribution < 1.29 is 19.1 Å². The van der Waals surface area contributed by atoms with Crippen molar-refractivity contribution in [2.24, 2.45) is 35.5 Å². The first-order valence-electron chi connectivity index (χ1n) is 8.41. The molecule has 5 heteroatoms. The molecule has 24 heavy (non-hydrogen) atoms. The molecular weight excluding hydrogens is 306 g/mol. The van der Waals surface area contributed by atoms with Crippen LogP contribution in [0, 0.1) is 35.5 Å². The first kappa shape index (κ1) is 14.0. The maximum atomic E-state index is 13.0. The highest BCUT2D eigenvalue weighted by molar-refractivity contribution is 6.22. The molecule has 0 radical (unpaired) electrons. The van der Waals surface area contributed by atoms with Crippen LogP contribution in [0.2, 0.25) is 0 Å². The third-order valence-electron chi connectivity index (χ3n) is 6.02. The number of ether oxygens (including phenoxy) is 1. The Hall–Kier alpha value is -2.43. The number of esters is 1. The molecule has 0 aromatic heterocycles. The molecule has 1 aromatic rings. The SMILES string of the molecule is CC(=O)Oc1ccc(N2C(=O)[C@H]3[C@@H]4C=C[C@H]([C@@H]5C[C@H]45)[C@@H]3C2=O)cc1. The van der Waals surface area contributed by atoms with E-state index < -0.39 is 5.97 Å². The quantitative estimate of drug-likeness (QED) is 0.362. The summed E-state index contributed by atoms with van der Waals surface area (Å²) in [5, 5.41) is 0. The molecule has 2 saturated carbocycles. The van der Waals surface area contributed by atoms with Crippen LogP contribution in [0.1, 0.15) is 13.3 Å². The molecule has 1 aromatic carbocycles. The van der Waals surface area contributed by atoms with Crippen LogP contribution in [0.4, 0.5) is 5.69 Å². The van der Waals surface area contributed by atoms with Gasteiger partial charge < -0.3 is 4.74 Å². The van der Waals surface area contributed by atoms with Crippen LogP contribution in [0.25, 0.3) is 0 Å². The fourth-order valence-corrected chi connectivity index (χ4v) is 5.04. The van der Waals surface area contributed by atoms with E-state index >= 15 is 0 Å². The van der Waals surface area contributed by atoms with Crippen LogP contribution in [0.15, 0.2) is 36.4 Å². The number of allylic oxidation sites excluding steroid dienone is 2. The topological polar surface area (TPSA) is 63.7 Å². The predicted molar refractivity (Wildman–Crippen MR) is 84.9 cm³/mol. The van der Waals surface area contributed by atoms with Crippen molar-refractivity contribution in [3.63, 3.8) is 0 Å². The van der Waals surface area contributed by atoms with Gasteiger partial charge in [0.25, 0.3) is 0 Å². The summed E-state index contributed by atoms with van der Waals surface area (Å²) in [7, 11) is 0. The maximum Gasteiger partial charge on any atom is 0.308 e. The van der Waals surface area contributed by atoms with E-state index in [0.29, 0.717) is 23.3 Å². The van der Waals surface area contributed by atoms with Gasteiger partial charge in [0.05, 0.1) is 17.5 Å². The number of carbonyl (C=O) groups excluding carboxylic acids is 3. The molecule has 0 N–H and O–H groups in total. The monoisotopic (exact) mass is 323 g/mol.